The Bertz CT molecular complexity index is 504. The molecule has 116 valence electrons. The van der Waals surface area contributed by atoms with Crippen molar-refractivity contribution in [3.8, 4) is 5.75 Å². The van der Waals surface area contributed by atoms with Gasteiger partial charge in [0.05, 0.1) is 0 Å². The van der Waals surface area contributed by atoms with Gasteiger partial charge in [0, 0.05) is 13.0 Å². The van der Waals surface area contributed by atoms with Gasteiger partial charge in [0.2, 0.25) is 0 Å². The number of aliphatic hydroxyl groups is 1. The van der Waals surface area contributed by atoms with Crippen LogP contribution in [0.4, 0.5) is 0 Å². The smallest absolute Gasteiger partial charge is 0.326 e. The summed E-state index contributed by atoms with van der Waals surface area (Å²) in [6.45, 7) is 5.18. The van der Waals surface area contributed by atoms with E-state index in [9.17, 15) is 9.59 Å². The molecule has 1 amide bonds. The second kappa shape index (κ2) is 7.64. The van der Waals surface area contributed by atoms with Crippen molar-refractivity contribution >= 4 is 11.9 Å². The molecule has 0 spiro atoms. The standard InChI is InChI=1S/C15H21NO5/c1-9-6-10(2)14(11(3)7-9)21-8-13(18)16-12(4-5-17)15(19)20/h6-7,12,17H,4-5,8H2,1-3H3,(H,16,18)(H,19,20)/t12-/m0/s1. The zero-order valence-corrected chi connectivity index (χ0v) is 12.5. The molecule has 0 heterocycles. The van der Waals surface area contributed by atoms with Crippen molar-refractivity contribution in [1.29, 1.82) is 0 Å². The average molecular weight is 295 g/mol. The van der Waals surface area contributed by atoms with Crippen molar-refractivity contribution in [2.24, 2.45) is 0 Å². The van der Waals surface area contributed by atoms with E-state index in [1.54, 1.807) is 0 Å². The highest BCUT2D eigenvalue weighted by atomic mass is 16.5. The number of carbonyl (C=O) groups is 2. The van der Waals surface area contributed by atoms with E-state index >= 15 is 0 Å². The number of aliphatic hydroxyl groups excluding tert-OH is 1. The van der Waals surface area contributed by atoms with Gasteiger partial charge >= 0.3 is 5.97 Å². The molecule has 1 aromatic carbocycles. The Labute approximate surface area is 123 Å². The lowest BCUT2D eigenvalue weighted by atomic mass is 10.1. The Morgan fingerprint density at radius 3 is 2.29 bits per heavy atom. The molecule has 0 aliphatic carbocycles. The van der Waals surface area contributed by atoms with Crippen molar-refractivity contribution < 1.29 is 24.5 Å². The van der Waals surface area contributed by atoms with Gasteiger partial charge < -0.3 is 20.3 Å². The average Bonchev–Trinajstić information content (AvgIpc) is 2.36. The van der Waals surface area contributed by atoms with Gasteiger partial charge in [-0.25, -0.2) is 4.79 Å². The highest BCUT2D eigenvalue weighted by molar-refractivity contribution is 5.84. The molecular formula is C15H21NO5. The lowest BCUT2D eigenvalue weighted by Crippen LogP contribution is -2.43. The van der Waals surface area contributed by atoms with Crippen LogP contribution in [0.5, 0.6) is 5.75 Å². The fourth-order valence-electron chi connectivity index (χ4n) is 2.15. The first-order chi connectivity index (χ1) is 9.85. The number of aliphatic carboxylic acids is 1. The van der Waals surface area contributed by atoms with E-state index in [4.69, 9.17) is 14.9 Å². The highest BCUT2D eigenvalue weighted by Gasteiger charge is 2.19. The molecule has 3 N–H and O–H groups in total. The van der Waals surface area contributed by atoms with E-state index in [0.717, 1.165) is 16.7 Å². The summed E-state index contributed by atoms with van der Waals surface area (Å²) in [5.74, 6) is -1.08. The van der Waals surface area contributed by atoms with E-state index in [1.807, 2.05) is 32.9 Å². The fourth-order valence-corrected chi connectivity index (χ4v) is 2.15. The van der Waals surface area contributed by atoms with Crippen LogP contribution in [0.25, 0.3) is 0 Å². The second-order valence-corrected chi connectivity index (χ2v) is 4.99. The van der Waals surface area contributed by atoms with E-state index in [2.05, 4.69) is 5.32 Å². The Morgan fingerprint density at radius 1 is 1.24 bits per heavy atom. The maximum Gasteiger partial charge on any atom is 0.326 e. The minimum atomic E-state index is -1.18. The van der Waals surface area contributed by atoms with E-state index in [-0.39, 0.29) is 19.6 Å². The van der Waals surface area contributed by atoms with Gasteiger partial charge in [-0.3, -0.25) is 4.79 Å². The number of carboxylic acids is 1. The molecule has 6 heteroatoms. The van der Waals surface area contributed by atoms with Crippen molar-refractivity contribution in [3.63, 3.8) is 0 Å². The molecule has 0 fully saturated rings. The van der Waals surface area contributed by atoms with Crippen LogP contribution in [-0.4, -0.2) is 41.3 Å². The van der Waals surface area contributed by atoms with Gasteiger partial charge in [-0.2, -0.15) is 0 Å². The topological polar surface area (TPSA) is 95.9 Å². The number of ether oxygens (including phenoxy) is 1. The molecule has 1 atom stereocenters. The van der Waals surface area contributed by atoms with Crippen LogP contribution in [0.1, 0.15) is 23.1 Å². The summed E-state index contributed by atoms with van der Waals surface area (Å²) < 4.78 is 5.48. The maximum atomic E-state index is 11.7. The lowest BCUT2D eigenvalue weighted by molar-refractivity contribution is -0.142. The van der Waals surface area contributed by atoms with E-state index in [1.165, 1.54) is 0 Å². The molecule has 1 rings (SSSR count). The summed E-state index contributed by atoms with van der Waals surface area (Å²) in [5, 5.41) is 20.0. The van der Waals surface area contributed by atoms with Crippen molar-refractivity contribution in [1.82, 2.24) is 5.32 Å². The number of carboxylic acid groups (broad SMARTS) is 1. The summed E-state index contributed by atoms with van der Waals surface area (Å²) >= 11 is 0. The van der Waals surface area contributed by atoms with Crippen molar-refractivity contribution in [2.75, 3.05) is 13.2 Å². The van der Waals surface area contributed by atoms with Crippen LogP contribution < -0.4 is 10.1 Å². The van der Waals surface area contributed by atoms with Crippen LogP contribution in [0.2, 0.25) is 0 Å². The summed E-state index contributed by atoms with van der Waals surface area (Å²) in [6, 6.07) is 2.80. The number of nitrogens with one attached hydrogen (secondary N) is 1. The molecule has 0 aliphatic rings. The van der Waals surface area contributed by atoms with Crippen LogP contribution in [0.15, 0.2) is 12.1 Å². The Kier molecular flexibility index (Phi) is 6.17. The second-order valence-electron chi connectivity index (χ2n) is 4.99. The van der Waals surface area contributed by atoms with Gasteiger partial charge in [0.15, 0.2) is 6.61 Å². The first-order valence-corrected chi connectivity index (χ1v) is 6.68. The Hall–Kier alpha value is -2.08. The zero-order chi connectivity index (χ0) is 16.0. The number of amides is 1. The molecule has 0 aliphatic heterocycles. The minimum absolute atomic E-state index is 0.0380. The first kappa shape index (κ1) is 17.0. The van der Waals surface area contributed by atoms with E-state index < -0.39 is 17.9 Å². The summed E-state index contributed by atoms with van der Waals surface area (Å²) in [6.07, 6.45) is -0.0380. The van der Waals surface area contributed by atoms with Crippen molar-refractivity contribution in [3.05, 3.63) is 28.8 Å². The third-order valence-corrected chi connectivity index (χ3v) is 3.00. The zero-order valence-electron chi connectivity index (χ0n) is 12.5. The largest absolute Gasteiger partial charge is 0.483 e. The first-order valence-electron chi connectivity index (χ1n) is 6.68. The summed E-state index contributed by atoms with van der Waals surface area (Å²) in [4.78, 5) is 22.6. The van der Waals surface area contributed by atoms with E-state index in [0.29, 0.717) is 5.75 Å². The van der Waals surface area contributed by atoms with Gasteiger partial charge in [-0.05, 0) is 31.9 Å². The van der Waals surface area contributed by atoms with Gasteiger partial charge in [-0.15, -0.1) is 0 Å². The SMILES string of the molecule is Cc1cc(C)c(OCC(=O)N[C@@H](CCO)C(=O)O)c(C)c1. The monoisotopic (exact) mass is 295 g/mol. The van der Waals surface area contributed by atoms with Gasteiger partial charge in [0.1, 0.15) is 11.8 Å². The molecule has 0 saturated heterocycles. The quantitative estimate of drug-likeness (QED) is 0.696. The maximum absolute atomic E-state index is 11.7. The number of hydrogen-bond acceptors (Lipinski definition) is 4. The Balaban J connectivity index is 2.63. The molecule has 1 aromatic rings. The molecule has 0 bridgehead atoms. The number of hydrogen-bond donors (Lipinski definition) is 3. The van der Waals surface area contributed by atoms with Gasteiger partial charge in [-0.1, -0.05) is 17.7 Å². The van der Waals surface area contributed by atoms with Crippen LogP contribution >= 0.6 is 0 Å². The van der Waals surface area contributed by atoms with Crippen LogP contribution in [-0.2, 0) is 9.59 Å². The molecule has 0 saturated carbocycles. The third kappa shape index (κ3) is 5.07. The molecular weight excluding hydrogens is 274 g/mol. The Morgan fingerprint density at radius 2 is 1.81 bits per heavy atom. The van der Waals surface area contributed by atoms with Gasteiger partial charge in [0.25, 0.3) is 5.91 Å². The number of aryl methyl sites for hydroxylation is 3. The summed E-state index contributed by atoms with van der Waals surface area (Å²) in [5.41, 5.74) is 2.95. The fraction of sp³-hybridized carbons (Fsp3) is 0.467. The van der Waals surface area contributed by atoms with Crippen molar-refractivity contribution in [2.45, 2.75) is 33.2 Å². The number of benzene rings is 1. The predicted molar refractivity (Wildman–Crippen MR) is 77.4 cm³/mol. The molecule has 6 nitrogen and oxygen atoms in total. The highest BCUT2D eigenvalue weighted by Crippen LogP contribution is 2.24. The van der Waals surface area contributed by atoms with Crippen LogP contribution in [0.3, 0.4) is 0 Å². The number of rotatable bonds is 7. The summed E-state index contributed by atoms with van der Waals surface area (Å²) in [7, 11) is 0. The number of carbonyl (C=O) groups excluding carboxylic acids is 1. The predicted octanol–water partition coefficient (Wildman–Crippen LogP) is 0.942. The third-order valence-electron chi connectivity index (χ3n) is 3.00. The minimum Gasteiger partial charge on any atom is -0.483 e. The molecule has 0 unspecified atom stereocenters. The normalized spacial score (nSPS) is 11.8. The molecule has 0 aromatic heterocycles. The van der Waals surface area contributed by atoms with Crippen LogP contribution in [0, 0.1) is 20.8 Å². The molecule has 0 radical (unpaired) electrons. The lowest BCUT2D eigenvalue weighted by Gasteiger charge is -2.15. The molecule has 21 heavy (non-hydrogen) atoms.